The summed E-state index contributed by atoms with van der Waals surface area (Å²) in [4.78, 5) is 4.35. The van der Waals surface area contributed by atoms with Gasteiger partial charge in [-0.15, -0.1) is 5.10 Å². The minimum atomic E-state index is 0.661. The zero-order valence-corrected chi connectivity index (χ0v) is 10.9. The van der Waals surface area contributed by atoms with Crippen molar-refractivity contribution in [2.45, 2.75) is 26.7 Å². The first-order valence-corrected chi connectivity index (χ1v) is 6.29. The Bertz CT molecular complexity index is 492. The maximum absolute atomic E-state index is 5.88. The predicted molar refractivity (Wildman–Crippen MR) is 70.6 cm³/mol. The lowest BCUT2D eigenvalue weighted by molar-refractivity contribution is 0.566. The number of halogens is 1. The number of anilines is 1. The highest BCUT2D eigenvalue weighted by Crippen LogP contribution is 2.11. The summed E-state index contributed by atoms with van der Waals surface area (Å²) in [5, 5.41) is 8.18. The molecule has 5 heteroatoms. The normalized spacial score (nSPS) is 11.3. The summed E-state index contributed by atoms with van der Waals surface area (Å²) in [6, 6.07) is 3.67. The van der Waals surface area contributed by atoms with Gasteiger partial charge in [0.15, 0.2) is 5.65 Å². The van der Waals surface area contributed by atoms with Crippen molar-refractivity contribution in [2.24, 2.45) is 5.92 Å². The molecule has 0 aliphatic carbocycles. The van der Waals surface area contributed by atoms with E-state index in [2.05, 4.69) is 29.2 Å². The second-order valence-corrected chi connectivity index (χ2v) is 4.98. The van der Waals surface area contributed by atoms with E-state index in [0.717, 1.165) is 24.5 Å². The molecule has 0 aliphatic rings. The number of fused-ring (bicyclic) bond motifs is 1. The van der Waals surface area contributed by atoms with E-state index in [1.54, 1.807) is 10.7 Å². The summed E-state index contributed by atoms with van der Waals surface area (Å²) < 4.78 is 1.69. The van der Waals surface area contributed by atoms with E-state index in [1.165, 1.54) is 6.42 Å². The zero-order chi connectivity index (χ0) is 12.3. The smallest absolute Gasteiger partial charge is 0.243 e. The Labute approximate surface area is 106 Å². The molecule has 2 aromatic heterocycles. The Morgan fingerprint density at radius 3 is 3.00 bits per heavy atom. The van der Waals surface area contributed by atoms with Crippen LogP contribution in [0.25, 0.3) is 5.65 Å². The molecule has 0 bridgehead atoms. The van der Waals surface area contributed by atoms with Gasteiger partial charge < -0.3 is 5.32 Å². The van der Waals surface area contributed by atoms with Crippen molar-refractivity contribution in [3.63, 3.8) is 0 Å². The number of nitrogens with one attached hydrogen (secondary N) is 1. The molecule has 0 fully saturated rings. The minimum absolute atomic E-state index is 0.661. The molecule has 0 aromatic carbocycles. The third-order valence-electron chi connectivity index (χ3n) is 2.54. The van der Waals surface area contributed by atoms with E-state index in [1.807, 2.05) is 12.1 Å². The quantitative estimate of drug-likeness (QED) is 0.831. The number of nitrogens with zero attached hydrogens (tertiary/aromatic N) is 3. The molecular weight excluding hydrogens is 236 g/mol. The summed E-state index contributed by atoms with van der Waals surface area (Å²) >= 11 is 5.88. The van der Waals surface area contributed by atoms with Crippen LogP contribution in [0.15, 0.2) is 18.3 Å². The van der Waals surface area contributed by atoms with E-state index in [9.17, 15) is 0 Å². The van der Waals surface area contributed by atoms with Crippen LogP contribution in [0.1, 0.15) is 26.7 Å². The largest absolute Gasteiger partial charge is 0.353 e. The molecule has 2 aromatic rings. The fourth-order valence-electron chi connectivity index (χ4n) is 1.64. The average Bonchev–Trinajstić information content (AvgIpc) is 2.66. The fraction of sp³-hybridized carbons (Fsp3) is 0.500. The summed E-state index contributed by atoms with van der Waals surface area (Å²) in [6.07, 6.45) is 4.10. The SMILES string of the molecule is CC(C)CCCNc1nc2ccc(Cl)cn2n1. The highest BCUT2D eigenvalue weighted by Gasteiger charge is 2.03. The van der Waals surface area contributed by atoms with Gasteiger partial charge in [-0.3, -0.25) is 0 Å². The maximum Gasteiger partial charge on any atom is 0.243 e. The summed E-state index contributed by atoms with van der Waals surface area (Å²) in [6.45, 7) is 5.36. The monoisotopic (exact) mass is 252 g/mol. The van der Waals surface area contributed by atoms with Gasteiger partial charge in [-0.2, -0.15) is 4.98 Å². The molecule has 0 spiro atoms. The molecule has 2 rings (SSSR count). The van der Waals surface area contributed by atoms with Crippen molar-refractivity contribution in [2.75, 3.05) is 11.9 Å². The molecule has 0 radical (unpaired) electrons. The first-order valence-electron chi connectivity index (χ1n) is 5.91. The third-order valence-corrected chi connectivity index (χ3v) is 2.76. The van der Waals surface area contributed by atoms with Crippen LogP contribution < -0.4 is 5.32 Å². The van der Waals surface area contributed by atoms with Crippen LogP contribution in [0, 0.1) is 5.92 Å². The van der Waals surface area contributed by atoms with Crippen LogP contribution in [0.2, 0.25) is 5.02 Å². The molecule has 0 unspecified atom stereocenters. The summed E-state index contributed by atoms with van der Waals surface area (Å²) in [7, 11) is 0. The molecule has 0 saturated carbocycles. The van der Waals surface area contributed by atoms with Crippen LogP contribution in [-0.4, -0.2) is 21.1 Å². The number of hydrogen-bond donors (Lipinski definition) is 1. The van der Waals surface area contributed by atoms with Crippen molar-refractivity contribution in [1.29, 1.82) is 0 Å². The van der Waals surface area contributed by atoms with Crippen LogP contribution in [0.5, 0.6) is 0 Å². The third kappa shape index (κ3) is 3.33. The zero-order valence-electron chi connectivity index (χ0n) is 10.2. The Hall–Kier alpha value is -1.29. The van der Waals surface area contributed by atoms with E-state index < -0.39 is 0 Å². The van der Waals surface area contributed by atoms with Crippen LogP contribution >= 0.6 is 11.6 Å². The molecular formula is C12H17ClN4. The highest BCUT2D eigenvalue weighted by molar-refractivity contribution is 6.30. The van der Waals surface area contributed by atoms with Gasteiger partial charge in [0.1, 0.15) is 0 Å². The van der Waals surface area contributed by atoms with E-state index in [0.29, 0.717) is 11.0 Å². The van der Waals surface area contributed by atoms with Crippen molar-refractivity contribution in [3.05, 3.63) is 23.4 Å². The second kappa shape index (κ2) is 5.36. The van der Waals surface area contributed by atoms with Gasteiger partial charge in [-0.25, -0.2) is 4.52 Å². The van der Waals surface area contributed by atoms with E-state index in [4.69, 9.17) is 11.6 Å². The number of hydrogen-bond acceptors (Lipinski definition) is 3. The minimum Gasteiger partial charge on any atom is -0.353 e. The lowest BCUT2D eigenvalue weighted by Crippen LogP contribution is -2.04. The molecule has 92 valence electrons. The number of pyridine rings is 1. The van der Waals surface area contributed by atoms with Crippen molar-refractivity contribution >= 4 is 23.2 Å². The Kier molecular flexibility index (Phi) is 3.84. The predicted octanol–water partition coefficient (Wildman–Crippen LogP) is 3.23. The van der Waals surface area contributed by atoms with Gasteiger partial charge in [-0.1, -0.05) is 25.4 Å². The Morgan fingerprint density at radius 1 is 1.41 bits per heavy atom. The lowest BCUT2D eigenvalue weighted by Gasteiger charge is -2.03. The Balaban J connectivity index is 1.95. The van der Waals surface area contributed by atoms with Gasteiger partial charge in [-0.05, 0) is 30.9 Å². The molecule has 0 atom stereocenters. The van der Waals surface area contributed by atoms with Crippen LogP contribution in [0.4, 0.5) is 5.95 Å². The van der Waals surface area contributed by atoms with Gasteiger partial charge in [0.05, 0.1) is 5.02 Å². The second-order valence-electron chi connectivity index (χ2n) is 4.55. The number of aromatic nitrogens is 3. The molecule has 2 heterocycles. The first kappa shape index (κ1) is 12.2. The molecule has 0 saturated heterocycles. The molecule has 4 nitrogen and oxygen atoms in total. The van der Waals surface area contributed by atoms with Crippen LogP contribution in [0.3, 0.4) is 0 Å². The molecule has 17 heavy (non-hydrogen) atoms. The average molecular weight is 253 g/mol. The lowest BCUT2D eigenvalue weighted by atomic mass is 10.1. The van der Waals surface area contributed by atoms with Gasteiger partial charge in [0, 0.05) is 12.7 Å². The van der Waals surface area contributed by atoms with Gasteiger partial charge >= 0.3 is 0 Å². The van der Waals surface area contributed by atoms with Crippen molar-refractivity contribution in [3.8, 4) is 0 Å². The maximum atomic E-state index is 5.88. The molecule has 0 aliphatic heterocycles. The van der Waals surface area contributed by atoms with Gasteiger partial charge in [0.25, 0.3) is 0 Å². The standard InChI is InChI=1S/C12H17ClN4/c1-9(2)4-3-7-14-12-15-11-6-5-10(13)8-17(11)16-12/h5-6,8-9H,3-4,7H2,1-2H3,(H,14,16). The van der Waals surface area contributed by atoms with Gasteiger partial charge in [0.2, 0.25) is 5.95 Å². The van der Waals surface area contributed by atoms with Crippen LogP contribution in [-0.2, 0) is 0 Å². The topological polar surface area (TPSA) is 42.2 Å². The fourth-order valence-corrected chi connectivity index (χ4v) is 1.80. The molecule has 0 amide bonds. The first-order chi connectivity index (χ1) is 8.15. The Morgan fingerprint density at radius 2 is 2.24 bits per heavy atom. The summed E-state index contributed by atoms with van der Waals surface area (Å²) in [5.41, 5.74) is 0.806. The summed E-state index contributed by atoms with van der Waals surface area (Å²) in [5.74, 6) is 1.40. The highest BCUT2D eigenvalue weighted by atomic mass is 35.5. The van der Waals surface area contributed by atoms with E-state index >= 15 is 0 Å². The molecule has 1 N–H and O–H groups in total. The van der Waals surface area contributed by atoms with E-state index in [-0.39, 0.29) is 0 Å². The van der Waals surface area contributed by atoms with Crippen molar-refractivity contribution in [1.82, 2.24) is 14.6 Å². The number of rotatable bonds is 5. The van der Waals surface area contributed by atoms with Crippen molar-refractivity contribution < 1.29 is 0 Å².